The number of amides is 2. The predicted octanol–water partition coefficient (Wildman–Crippen LogP) is 2.06. The summed E-state index contributed by atoms with van der Waals surface area (Å²) in [7, 11) is 0. The maximum absolute atomic E-state index is 12.9. The smallest absolute Gasteiger partial charge is 0.263 e. The molecule has 2 atom stereocenters. The number of ether oxygens (including phenoxy) is 1. The van der Waals surface area contributed by atoms with E-state index < -0.39 is 11.8 Å². The van der Waals surface area contributed by atoms with Crippen LogP contribution in [0.4, 0.5) is 0 Å². The van der Waals surface area contributed by atoms with Crippen LogP contribution in [0.3, 0.4) is 0 Å². The minimum absolute atomic E-state index is 0.0738. The summed E-state index contributed by atoms with van der Waals surface area (Å²) in [5, 5.41) is 5.33. The van der Waals surface area contributed by atoms with Gasteiger partial charge >= 0.3 is 0 Å². The normalized spacial score (nSPS) is 26.5. The van der Waals surface area contributed by atoms with Crippen molar-refractivity contribution in [2.45, 2.75) is 31.7 Å². The van der Waals surface area contributed by atoms with Gasteiger partial charge in [0.2, 0.25) is 0 Å². The largest absolute Gasteiger partial charge is 0.379 e. The standard InChI is InChI=1S/C25H30N4O3S/c30-23-22(24(31)27-25(33)26-23)19-16-21(17-6-2-1-3-7-17)29(20-9-5-4-8-18(19)20)11-10-28-12-14-32-15-13-28/h1-3,6-7,16,18,20H,4-5,8-15H2,(H2,26,27,30,31,33)/t18-,20-/m1/s1. The molecule has 0 spiro atoms. The van der Waals surface area contributed by atoms with Crippen molar-refractivity contribution < 1.29 is 14.3 Å². The van der Waals surface area contributed by atoms with Crippen molar-refractivity contribution >= 4 is 34.8 Å². The Balaban J connectivity index is 1.57. The number of hydrogen-bond acceptors (Lipinski definition) is 6. The highest BCUT2D eigenvalue weighted by Crippen LogP contribution is 2.43. The summed E-state index contributed by atoms with van der Waals surface area (Å²) in [6, 6.07) is 10.6. The molecule has 33 heavy (non-hydrogen) atoms. The van der Waals surface area contributed by atoms with E-state index >= 15 is 0 Å². The van der Waals surface area contributed by atoms with Crippen molar-refractivity contribution in [1.82, 2.24) is 20.4 Å². The molecule has 7 nitrogen and oxygen atoms in total. The van der Waals surface area contributed by atoms with Gasteiger partial charge in [-0.2, -0.15) is 0 Å². The van der Waals surface area contributed by atoms with Gasteiger partial charge < -0.3 is 9.64 Å². The average molecular weight is 467 g/mol. The van der Waals surface area contributed by atoms with E-state index in [1.165, 1.54) is 0 Å². The molecule has 0 bridgehead atoms. The molecule has 2 amide bonds. The van der Waals surface area contributed by atoms with Crippen LogP contribution in [0.25, 0.3) is 5.70 Å². The molecular formula is C25H30N4O3S. The summed E-state index contributed by atoms with van der Waals surface area (Å²) in [4.78, 5) is 30.7. The van der Waals surface area contributed by atoms with E-state index in [9.17, 15) is 9.59 Å². The van der Waals surface area contributed by atoms with Crippen molar-refractivity contribution in [1.29, 1.82) is 0 Å². The van der Waals surface area contributed by atoms with Crippen LogP contribution < -0.4 is 10.6 Å². The molecule has 3 heterocycles. The third-order valence-corrected chi connectivity index (χ3v) is 7.36. The van der Waals surface area contributed by atoms with Gasteiger partial charge in [0, 0.05) is 43.8 Å². The number of carbonyl (C=O) groups is 2. The van der Waals surface area contributed by atoms with E-state index in [0.717, 1.165) is 81.9 Å². The predicted molar refractivity (Wildman–Crippen MR) is 130 cm³/mol. The van der Waals surface area contributed by atoms with Crippen molar-refractivity contribution in [2.24, 2.45) is 5.92 Å². The average Bonchev–Trinajstić information content (AvgIpc) is 2.83. The molecule has 4 aliphatic rings. The number of rotatable bonds is 4. The SMILES string of the molecule is O=C1NC(=S)NC(=O)C1=C1C=C(c2ccccc2)N(CCN2CCOCC2)[C@@H]2CCCC[C@H]12. The van der Waals surface area contributed by atoms with Crippen LogP contribution in [0.1, 0.15) is 31.2 Å². The van der Waals surface area contributed by atoms with Crippen LogP contribution in [0, 0.1) is 5.92 Å². The zero-order valence-electron chi connectivity index (χ0n) is 18.7. The number of nitrogens with zero attached hydrogens (tertiary/aromatic N) is 2. The second kappa shape index (κ2) is 9.75. The van der Waals surface area contributed by atoms with Crippen LogP contribution in [-0.4, -0.2) is 72.2 Å². The van der Waals surface area contributed by atoms with E-state index in [1.807, 2.05) is 18.2 Å². The molecule has 1 aliphatic carbocycles. The third-order valence-electron chi connectivity index (χ3n) is 7.16. The van der Waals surface area contributed by atoms with Crippen LogP contribution in [0.15, 0.2) is 47.6 Å². The Morgan fingerprint density at radius 2 is 1.67 bits per heavy atom. The highest BCUT2D eigenvalue weighted by atomic mass is 32.1. The Bertz CT molecular complexity index is 978. The monoisotopic (exact) mass is 466 g/mol. The van der Waals surface area contributed by atoms with E-state index in [-0.39, 0.29) is 22.6 Å². The van der Waals surface area contributed by atoms with Gasteiger partial charge in [0.1, 0.15) is 5.57 Å². The molecule has 8 heteroatoms. The molecule has 2 N–H and O–H groups in total. The quantitative estimate of drug-likeness (QED) is 0.402. The fourth-order valence-corrected chi connectivity index (χ4v) is 5.75. The second-order valence-corrected chi connectivity index (χ2v) is 9.48. The van der Waals surface area contributed by atoms with Crippen molar-refractivity contribution in [3.8, 4) is 0 Å². The van der Waals surface area contributed by atoms with Crippen LogP contribution in [-0.2, 0) is 14.3 Å². The molecule has 1 aromatic carbocycles. The first-order chi connectivity index (χ1) is 16.1. The first kappa shape index (κ1) is 22.3. The molecule has 174 valence electrons. The summed E-state index contributed by atoms with van der Waals surface area (Å²) in [6.07, 6.45) is 6.37. The number of fused-ring (bicyclic) bond motifs is 1. The molecular weight excluding hydrogens is 436 g/mol. The van der Waals surface area contributed by atoms with Gasteiger partial charge in [-0.15, -0.1) is 0 Å². The highest BCUT2D eigenvalue weighted by Gasteiger charge is 2.41. The number of hydrogen-bond donors (Lipinski definition) is 2. The van der Waals surface area contributed by atoms with Crippen molar-refractivity contribution in [3.05, 3.63) is 53.1 Å². The summed E-state index contributed by atoms with van der Waals surface area (Å²) >= 11 is 5.02. The lowest BCUT2D eigenvalue weighted by Crippen LogP contribution is -2.53. The number of thiocarbonyl (C=S) groups is 1. The maximum atomic E-state index is 12.9. The van der Waals surface area contributed by atoms with Gasteiger partial charge in [-0.05, 0) is 42.3 Å². The zero-order valence-corrected chi connectivity index (χ0v) is 19.5. The molecule has 5 rings (SSSR count). The first-order valence-electron chi connectivity index (χ1n) is 11.9. The van der Waals surface area contributed by atoms with E-state index in [1.54, 1.807) is 0 Å². The summed E-state index contributed by atoms with van der Waals surface area (Å²) in [5.41, 5.74) is 3.25. The van der Waals surface area contributed by atoms with Gasteiger partial charge in [-0.1, -0.05) is 43.2 Å². The van der Waals surface area contributed by atoms with Gasteiger partial charge in [0.05, 0.1) is 13.2 Å². The molecule has 2 saturated heterocycles. The fraction of sp³-hybridized carbons (Fsp3) is 0.480. The molecule has 0 unspecified atom stereocenters. The lowest BCUT2D eigenvalue weighted by atomic mass is 9.73. The number of nitrogens with one attached hydrogen (secondary N) is 2. The van der Waals surface area contributed by atoms with Gasteiger partial charge in [0.15, 0.2) is 5.11 Å². The molecule has 0 aromatic heterocycles. The minimum atomic E-state index is -0.395. The summed E-state index contributed by atoms with van der Waals surface area (Å²) in [6.45, 7) is 5.38. The molecule has 3 aliphatic heterocycles. The maximum Gasteiger partial charge on any atom is 0.263 e. The Morgan fingerprint density at radius 1 is 0.970 bits per heavy atom. The Morgan fingerprint density at radius 3 is 2.39 bits per heavy atom. The third kappa shape index (κ3) is 4.60. The van der Waals surface area contributed by atoms with Crippen molar-refractivity contribution in [2.75, 3.05) is 39.4 Å². The fourth-order valence-electron chi connectivity index (χ4n) is 5.57. The minimum Gasteiger partial charge on any atom is -0.379 e. The Kier molecular flexibility index (Phi) is 6.57. The van der Waals surface area contributed by atoms with Crippen LogP contribution in [0.2, 0.25) is 0 Å². The van der Waals surface area contributed by atoms with E-state index in [0.29, 0.717) is 0 Å². The van der Waals surface area contributed by atoms with Crippen LogP contribution >= 0.6 is 12.2 Å². The highest BCUT2D eigenvalue weighted by molar-refractivity contribution is 7.80. The molecule has 3 fully saturated rings. The number of benzene rings is 1. The van der Waals surface area contributed by atoms with Gasteiger partial charge in [0.25, 0.3) is 11.8 Å². The number of morpholine rings is 1. The second-order valence-electron chi connectivity index (χ2n) is 9.07. The van der Waals surface area contributed by atoms with Gasteiger partial charge in [-0.3, -0.25) is 25.1 Å². The summed E-state index contributed by atoms with van der Waals surface area (Å²) in [5.74, 6) is -0.643. The molecule has 1 aromatic rings. The lowest BCUT2D eigenvalue weighted by Gasteiger charge is -2.48. The lowest BCUT2D eigenvalue weighted by molar-refractivity contribution is -0.123. The molecule has 1 saturated carbocycles. The van der Waals surface area contributed by atoms with Gasteiger partial charge in [-0.25, -0.2) is 0 Å². The Labute approximate surface area is 199 Å². The number of carbonyl (C=O) groups excluding carboxylic acids is 2. The first-order valence-corrected chi connectivity index (χ1v) is 12.3. The topological polar surface area (TPSA) is 73.9 Å². The molecule has 0 radical (unpaired) electrons. The van der Waals surface area contributed by atoms with Crippen LogP contribution in [0.5, 0.6) is 0 Å². The summed E-state index contributed by atoms with van der Waals surface area (Å²) < 4.78 is 5.52. The Hall–Kier alpha value is -2.55. The number of allylic oxidation sites excluding steroid dienone is 1. The zero-order chi connectivity index (χ0) is 22.8. The van der Waals surface area contributed by atoms with Crippen molar-refractivity contribution in [3.63, 3.8) is 0 Å². The van der Waals surface area contributed by atoms with E-state index in [4.69, 9.17) is 17.0 Å². The van der Waals surface area contributed by atoms with E-state index in [2.05, 4.69) is 38.6 Å².